The van der Waals surface area contributed by atoms with Crippen LogP contribution in [0.2, 0.25) is 5.02 Å². The number of hydrogen-bond acceptors (Lipinski definition) is 5. The molecular weight excluding hydrogens is 472 g/mol. The van der Waals surface area contributed by atoms with Crippen molar-refractivity contribution in [2.24, 2.45) is 0 Å². The van der Waals surface area contributed by atoms with Gasteiger partial charge in [-0.05, 0) is 79.3 Å². The van der Waals surface area contributed by atoms with E-state index in [-0.39, 0.29) is 17.3 Å². The molecule has 1 heterocycles. The average Bonchev–Trinajstić information content (AvgIpc) is 2.82. The first-order valence-electron chi connectivity index (χ1n) is 10.4. The molecule has 1 aliphatic heterocycles. The van der Waals surface area contributed by atoms with E-state index in [1.165, 1.54) is 11.0 Å². The van der Waals surface area contributed by atoms with E-state index in [0.29, 0.717) is 22.0 Å². The number of rotatable bonds is 6. The molecule has 0 radical (unpaired) electrons. The van der Waals surface area contributed by atoms with Gasteiger partial charge in [-0.25, -0.2) is 0 Å². The molecule has 4 rings (SSSR count). The molecule has 0 aliphatic carbocycles. The number of methoxy groups -OCH3 is 1. The number of anilines is 1. The van der Waals surface area contributed by atoms with E-state index in [9.17, 15) is 9.59 Å². The first-order chi connectivity index (χ1) is 16.4. The highest BCUT2D eigenvalue weighted by Crippen LogP contribution is 2.26. The summed E-state index contributed by atoms with van der Waals surface area (Å²) in [5.74, 6) is 0.279. The van der Waals surface area contributed by atoms with Gasteiger partial charge >= 0.3 is 0 Å². The molecule has 3 aromatic carbocycles. The highest BCUT2D eigenvalue weighted by atomic mass is 35.5. The Morgan fingerprint density at radius 2 is 1.74 bits per heavy atom. The molecule has 0 aromatic heterocycles. The number of halogens is 1. The van der Waals surface area contributed by atoms with Gasteiger partial charge in [0.1, 0.15) is 23.7 Å². The molecule has 0 spiro atoms. The van der Waals surface area contributed by atoms with Gasteiger partial charge in [-0.1, -0.05) is 35.4 Å². The molecule has 0 unspecified atom stereocenters. The van der Waals surface area contributed by atoms with Crippen LogP contribution in [0, 0.1) is 6.92 Å². The monoisotopic (exact) mass is 492 g/mol. The highest BCUT2D eigenvalue weighted by molar-refractivity contribution is 7.80. The first kappa shape index (κ1) is 23.5. The van der Waals surface area contributed by atoms with E-state index in [4.69, 9.17) is 33.3 Å². The SMILES string of the molecule is COc1ccc(/C=C2/C(=O)NC(=S)N(c3ccc(Cl)cc3)C2=O)cc1COc1ccc(C)cc1. The third kappa shape index (κ3) is 5.11. The number of hydrogen-bond donors (Lipinski definition) is 1. The van der Waals surface area contributed by atoms with E-state index in [2.05, 4.69) is 5.32 Å². The second-order valence-corrected chi connectivity index (χ2v) is 8.43. The predicted octanol–water partition coefficient (Wildman–Crippen LogP) is 5.07. The minimum atomic E-state index is -0.562. The van der Waals surface area contributed by atoms with Gasteiger partial charge < -0.3 is 9.47 Å². The number of carbonyl (C=O) groups is 2. The second-order valence-electron chi connectivity index (χ2n) is 7.61. The van der Waals surface area contributed by atoms with Crippen LogP contribution < -0.4 is 19.7 Å². The minimum Gasteiger partial charge on any atom is -0.496 e. The van der Waals surface area contributed by atoms with Gasteiger partial charge in [0.25, 0.3) is 11.8 Å². The fourth-order valence-electron chi connectivity index (χ4n) is 3.45. The molecule has 0 saturated carbocycles. The largest absolute Gasteiger partial charge is 0.496 e. The van der Waals surface area contributed by atoms with Crippen LogP contribution in [-0.2, 0) is 16.2 Å². The van der Waals surface area contributed by atoms with Gasteiger partial charge in [-0.2, -0.15) is 0 Å². The lowest BCUT2D eigenvalue weighted by Crippen LogP contribution is -2.54. The van der Waals surface area contributed by atoms with E-state index in [1.807, 2.05) is 37.3 Å². The summed E-state index contributed by atoms with van der Waals surface area (Å²) in [6.07, 6.45) is 1.52. The molecule has 172 valence electrons. The van der Waals surface area contributed by atoms with Crippen molar-refractivity contribution in [3.8, 4) is 11.5 Å². The fraction of sp³-hybridized carbons (Fsp3) is 0.115. The van der Waals surface area contributed by atoms with Crippen LogP contribution in [0.25, 0.3) is 6.08 Å². The number of benzene rings is 3. The molecule has 6 nitrogen and oxygen atoms in total. The molecule has 1 aliphatic rings. The van der Waals surface area contributed by atoms with Gasteiger partial charge in [0.15, 0.2) is 5.11 Å². The zero-order chi connectivity index (χ0) is 24.2. The quantitative estimate of drug-likeness (QED) is 0.296. The summed E-state index contributed by atoms with van der Waals surface area (Å²) in [6, 6.07) is 19.7. The number of thiocarbonyl (C=S) groups is 1. The van der Waals surface area contributed by atoms with Gasteiger partial charge in [-0.3, -0.25) is 19.8 Å². The van der Waals surface area contributed by atoms with Crippen LogP contribution in [0.15, 0.2) is 72.3 Å². The van der Waals surface area contributed by atoms with E-state index in [0.717, 1.165) is 16.9 Å². The van der Waals surface area contributed by atoms with Crippen molar-refractivity contribution >= 4 is 52.5 Å². The Kier molecular flexibility index (Phi) is 6.95. The van der Waals surface area contributed by atoms with Crippen molar-refractivity contribution in [3.63, 3.8) is 0 Å². The maximum Gasteiger partial charge on any atom is 0.270 e. The Labute approximate surface area is 207 Å². The first-order valence-corrected chi connectivity index (χ1v) is 11.2. The summed E-state index contributed by atoms with van der Waals surface area (Å²) in [5, 5.41) is 3.11. The number of aryl methyl sites for hydroxylation is 1. The van der Waals surface area contributed by atoms with Gasteiger partial charge in [0, 0.05) is 10.6 Å². The number of nitrogens with one attached hydrogen (secondary N) is 1. The molecule has 0 bridgehead atoms. The standard InChI is InChI=1S/C26H21ClN2O4S/c1-16-3-10-21(11-4-16)33-15-18-13-17(5-12-23(18)32-2)14-22-24(30)28-26(34)29(25(22)31)20-8-6-19(27)7-9-20/h3-14H,15H2,1-2H3,(H,28,30,34)/b22-14-. The summed E-state index contributed by atoms with van der Waals surface area (Å²) in [4.78, 5) is 27.1. The summed E-state index contributed by atoms with van der Waals surface area (Å²) >= 11 is 11.2. The lowest BCUT2D eigenvalue weighted by molar-refractivity contribution is -0.122. The number of nitrogens with zero attached hydrogens (tertiary/aromatic N) is 1. The Bertz CT molecular complexity index is 1290. The molecular formula is C26H21ClN2O4S. The number of ether oxygens (including phenoxy) is 2. The van der Waals surface area contributed by atoms with Crippen LogP contribution in [0.3, 0.4) is 0 Å². The summed E-state index contributed by atoms with van der Waals surface area (Å²) in [6.45, 7) is 2.26. The van der Waals surface area contributed by atoms with Crippen LogP contribution in [0.5, 0.6) is 11.5 Å². The van der Waals surface area contributed by atoms with E-state index >= 15 is 0 Å². The molecule has 0 atom stereocenters. The molecule has 1 fully saturated rings. The maximum atomic E-state index is 13.2. The van der Waals surface area contributed by atoms with Gasteiger partial charge in [-0.15, -0.1) is 0 Å². The van der Waals surface area contributed by atoms with Crippen molar-refractivity contribution in [2.75, 3.05) is 12.0 Å². The van der Waals surface area contributed by atoms with Crippen molar-refractivity contribution in [2.45, 2.75) is 13.5 Å². The second kappa shape index (κ2) is 10.1. The molecule has 2 amide bonds. The summed E-state index contributed by atoms with van der Waals surface area (Å²) < 4.78 is 11.3. The Morgan fingerprint density at radius 1 is 1.03 bits per heavy atom. The highest BCUT2D eigenvalue weighted by Gasteiger charge is 2.34. The molecule has 34 heavy (non-hydrogen) atoms. The maximum absolute atomic E-state index is 13.2. The lowest BCUT2D eigenvalue weighted by atomic mass is 10.0. The van der Waals surface area contributed by atoms with Crippen molar-refractivity contribution in [3.05, 3.63) is 94.0 Å². The van der Waals surface area contributed by atoms with Crippen molar-refractivity contribution in [1.82, 2.24) is 5.32 Å². The van der Waals surface area contributed by atoms with Crippen LogP contribution in [0.1, 0.15) is 16.7 Å². The zero-order valence-corrected chi connectivity index (χ0v) is 20.1. The molecule has 1 N–H and O–H groups in total. The number of amides is 2. The molecule has 3 aromatic rings. The Balaban J connectivity index is 1.62. The molecule has 8 heteroatoms. The van der Waals surface area contributed by atoms with E-state index < -0.39 is 11.8 Å². The van der Waals surface area contributed by atoms with Crippen molar-refractivity contribution < 1.29 is 19.1 Å². The summed E-state index contributed by atoms with van der Waals surface area (Å²) in [7, 11) is 1.58. The van der Waals surface area contributed by atoms with Crippen molar-refractivity contribution in [1.29, 1.82) is 0 Å². The normalized spacial score (nSPS) is 14.9. The Morgan fingerprint density at radius 3 is 2.41 bits per heavy atom. The Hall–Kier alpha value is -3.68. The van der Waals surface area contributed by atoms with Gasteiger partial charge in [0.2, 0.25) is 0 Å². The van der Waals surface area contributed by atoms with Crippen LogP contribution >= 0.6 is 23.8 Å². The minimum absolute atomic E-state index is 0.0105. The predicted molar refractivity (Wildman–Crippen MR) is 136 cm³/mol. The fourth-order valence-corrected chi connectivity index (χ4v) is 3.85. The third-order valence-corrected chi connectivity index (χ3v) is 5.75. The van der Waals surface area contributed by atoms with E-state index in [1.54, 1.807) is 43.5 Å². The smallest absolute Gasteiger partial charge is 0.270 e. The van der Waals surface area contributed by atoms with Gasteiger partial charge in [0.05, 0.1) is 12.8 Å². The third-order valence-electron chi connectivity index (χ3n) is 5.22. The van der Waals surface area contributed by atoms with Crippen LogP contribution in [0.4, 0.5) is 5.69 Å². The summed E-state index contributed by atoms with van der Waals surface area (Å²) in [5.41, 5.74) is 3.02. The topological polar surface area (TPSA) is 67.9 Å². The number of carbonyl (C=O) groups excluding carboxylic acids is 2. The molecule has 1 saturated heterocycles. The lowest BCUT2D eigenvalue weighted by Gasteiger charge is -2.29. The average molecular weight is 493 g/mol. The zero-order valence-electron chi connectivity index (χ0n) is 18.5. The van der Waals surface area contributed by atoms with Crippen LogP contribution in [-0.4, -0.2) is 24.0 Å².